The lowest BCUT2D eigenvalue weighted by molar-refractivity contribution is 0.0955. The standard InChI is InChI=1S/C25H24ClIN2O4/c1-3-31-20-11-9-18(10-12-20)25(30)29-28-15-17-13-22(27)24(23(14-17)32-4-2)33-16-19-7-5-6-8-21(19)26/h5-15H,3-4,16H2,1-2H3,(H,29,30)/b28-15-. The van der Waals surface area contributed by atoms with Crippen LogP contribution in [0.2, 0.25) is 5.02 Å². The molecule has 0 spiro atoms. The van der Waals surface area contributed by atoms with Crippen molar-refractivity contribution >= 4 is 46.3 Å². The van der Waals surface area contributed by atoms with Gasteiger partial charge >= 0.3 is 0 Å². The van der Waals surface area contributed by atoms with E-state index in [1.54, 1.807) is 30.5 Å². The molecule has 0 aliphatic rings. The van der Waals surface area contributed by atoms with E-state index < -0.39 is 0 Å². The van der Waals surface area contributed by atoms with Crippen molar-refractivity contribution in [2.75, 3.05) is 13.2 Å². The Morgan fingerprint density at radius 3 is 2.45 bits per heavy atom. The molecule has 0 fully saturated rings. The number of hydrogen-bond donors (Lipinski definition) is 1. The van der Waals surface area contributed by atoms with Gasteiger partial charge in [-0.1, -0.05) is 29.8 Å². The highest BCUT2D eigenvalue weighted by molar-refractivity contribution is 14.1. The van der Waals surface area contributed by atoms with Gasteiger partial charge in [-0.3, -0.25) is 4.79 Å². The van der Waals surface area contributed by atoms with Crippen LogP contribution in [0.15, 0.2) is 65.8 Å². The minimum atomic E-state index is -0.311. The summed E-state index contributed by atoms with van der Waals surface area (Å²) in [4.78, 5) is 12.3. The molecule has 1 amide bonds. The second-order valence-corrected chi connectivity index (χ2v) is 8.37. The number of nitrogens with one attached hydrogen (secondary N) is 1. The van der Waals surface area contributed by atoms with Crippen molar-refractivity contribution < 1.29 is 19.0 Å². The Bertz CT molecular complexity index is 1120. The van der Waals surface area contributed by atoms with Gasteiger partial charge in [0.15, 0.2) is 11.5 Å². The third kappa shape index (κ3) is 7.10. The van der Waals surface area contributed by atoms with Gasteiger partial charge in [0.05, 0.1) is 23.0 Å². The van der Waals surface area contributed by atoms with Crippen molar-refractivity contribution in [1.29, 1.82) is 0 Å². The maximum atomic E-state index is 12.3. The van der Waals surface area contributed by atoms with Crippen LogP contribution in [0.4, 0.5) is 0 Å². The average Bonchev–Trinajstić information content (AvgIpc) is 2.80. The molecule has 3 aromatic carbocycles. The van der Waals surface area contributed by atoms with E-state index in [1.165, 1.54) is 0 Å². The Labute approximate surface area is 212 Å². The number of hydrazone groups is 1. The molecule has 6 nitrogen and oxygen atoms in total. The second-order valence-electron chi connectivity index (χ2n) is 6.80. The summed E-state index contributed by atoms with van der Waals surface area (Å²) < 4.78 is 18.1. The summed E-state index contributed by atoms with van der Waals surface area (Å²) in [7, 11) is 0. The molecule has 0 aromatic heterocycles. The molecule has 0 saturated heterocycles. The summed E-state index contributed by atoms with van der Waals surface area (Å²) in [5.74, 6) is 1.63. The number of hydrogen-bond acceptors (Lipinski definition) is 5. The molecule has 0 heterocycles. The zero-order chi connectivity index (χ0) is 23.6. The Kier molecular flexibility index (Phi) is 9.38. The van der Waals surface area contributed by atoms with E-state index in [9.17, 15) is 4.79 Å². The molecule has 0 radical (unpaired) electrons. The van der Waals surface area contributed by atoms with Gasteiger partial charge in [0.2, 0.25) is 0 Å². The van der Waals surface area contributed by atoms with Crippen LogP contribution in [0.5, 0.6) is 17.2 Å². The van der Waals surface area contributed by atoms with E-state index in [0.29, 0.717) is 47.7 Å². The van der Waals surface area contributed by atoms with Gasteiger partial charge in [0, 0.05) is 16.1 Å². The summed E-state index contributed by atoms with van der Waals surface area (Å²) in [6.45, 7) is 5.19. The molecule has 0 saturated carbocycles. The number of halogens is 2. The zero-order valence-electron chi connectivity index (χ0n) is 18.3. The number of rotatable bonds is 10. The molecule has 1 N–H and O–H groups in total. The molecule has 33 heavy (non-hydrogen) atoms. The largest absolute Gasteiger partial charge is 0.494 e. The van der Waals surface area contributed by atoms with Crippen molar-refractivity contribution in [2.45, 2.75) is 20.5 Å². The minimum absolute atomic E-state index is 0.311. The third-order valence-corrected chi connectivity index (χ3v) is 5.64. The number of amides is 1. The van der Waals surface area contributed by atoms with Crippen LogP contribution < -0.4 is 19.6 Å². The Morgan fingerprint density at radius 1 is 1.03 bits per heavy atom. The molecule has 3 aromatic rings. The first-order chi connectivity index (χ1) is 16.0. The first-order valence-corrected chi connectivity index (χ1v) is 11.9. The van der Waals surface area contributed by atoms with Crippen molar-refractivity contribution in [3.63, 3.8) is 0 Å². The summed E-state index contributed by atoms with van der Waals surface area (Å²) in [5.41, 5.74) is 4.68. The van der Waals surface area contributed by atoms with Gasteiger partial charge in [0.25, 0.3) is 5.91 Å². The lowest BCUT2D eigenvalue weighted by atomic mass is 10.2. The smallest absolute Gasteiger partial charge is 0.271 e. The van der Waals surface area contributed by atoms with Crippen LogP contribution in [0.1, 0.15) is 35.3 Å². The molecule has 172 valence electrons. The first kappa shape index (κ1) is 24.9. The summed E-state index contributed by atoms with van der Waals surface area (Å²) in [5, 5.41) is 4.73. The first-order valence-electron chi connectivity index (χ1n) is 10.4. The number of carbonyl (C=O) groups excluding carboxylic acids is 1. The van der Waals surface area contributed by atoms with Gasteiger partial charge < -0.3 is 14.2 Å². The van der Waals surface area contributed by atoms with Crippen molar-refractivity contribution in [3.8, 4) is 17.2 Å². The summed E-state index contributed by atoms with van der Waals surface area (Å²) >= 11 is 8.42. The second kappa shape index (κ2) is 12.5. The number of carbonyl (C=O) groups is 1. The van der Waals surface area contributed by atoms with Crippen molar-refractivity contribution in [1.82, 2.24) is 5.43 Å². The fourth-order valence-corrected chi connectivity index (χ4v) is 3.90. The van der Waals surface area contributed by atoms with Crippen molar-refractivity contribution in [2.24, 2.45) is 5.10 Å². The molecule has 0 unspecified atom stereocenters. The topological polar surface area (TPSA) is 69.2 Å². The zero-order valence-corrected chi connectivity index (χ0v) is 21.2. The summed E-state index contributed by atoms with van der Waals surface area (Å²) in [6.07, 6.45) is 1.56. The molecule has 0 aliphatic carbocycles. The molecular formula is C25H24ClIN2O4. The number of ether oxygens (including phenoxy) is 3. The van der Waals surface area contributed by atoms with Crippen LogP contribution in [0.3, 0.4) is 0 Å². The van der Waals surface area contributed by atoms with Crippen LogP contribution in [-0.4, -0.2) is 25.3 Å². The maximum absolute atomic E-state index is 12.3. The van der Waals surface area contributed by atoms with E-state index in [2.05, 4.69) is 33.1 Å². The van der Waals surface area contributed by atoms with Gasteiger partial charge in [-0.05, 0) is 84.5 Å². The third-order valence-electron chi connectivity index (χ3n) is 4.47. The molecule has 8 heteroatoms. The van der Waals surface area contributed by atoms with E-state index >= 15 is 0 Å². The van der Waals surface area contributed by atoms with E-state index in [-0.39, 0.29) is 5.91 Å². The van der Waals surface area contributed by atoms with Gasteiger partial charge in [0.1, 0.15) is 12.4 Å². The predicted octanol–water partition coefficient (Wildman–Crippen LogP) is 6.08. The Hall–Kier alpha value is -2.78. The predicted molar refractivity (Wildman–Crippen MR) is 139 cm³/mol. The minimum Gasteiger partial charge on any atom is -0.494 e. The van der Waals surface area contributed by atoms with Crippen LogP contribution in [0.25, 0.3) is 0 Å². The highest BCUT2D eigenvalue weighted by atomic mass is 127. The fraction of sp³-hybridized carbons (Fsp3) is 0.200. The summed E-state index contributed by atoms with van der Waals surface area (Å²) in [6, 6.07) is 18.1. The fourth-order valence-electron chi connectivity index (χ4n) is 2.93. The van der Waals surface area contributed by atoms with Gasteiger partial charge in [-0.15, -0.1) is 0 Å². The van der Waals surface area contributed by atoms with Gasteiger partial charge in [-0.25, -0.2) is 5.43 Å². The monoisotopic (exact) mass is 578 g/mol. The van der Waals surface area contributed by atoms with E-state index in [0.717, 1.165) is 14.7 Å². The lowest BCUT2D eigenvalue weighted by Crippen LogP contribution is -2.17. The number of benzene rings is 3. The Morgan fingerprint density at radius 2 is 1.76 bits per heavy atom. The molecule has 0 atom stereocenters. The van der Waals surface area contributed by atoms with Gasteiger partial charge in [-0.2, -0.15) is 5.10 Å². The highest BCUT2D eigenvalue weighted by Gasteiger charge is 2.13. The molecule has 0 bridgehead atoms. The average molecular weight is 579 g/mol. The molecular weight excluding hydrogens is 555 g/mol. The normalized spacial score (nSPS) is 10.8. The lowest BCUT2D eigenvalue weighted by Gasteiger charge is -2.15. The molecule has 3 rings (SSSR count). The van der Waals surface area contributed by atoms with E-state index in [1.807, 2.05) is 50.2 Å². The van der Waals surface area contributed by atoms with Crippen molar-refractivity contribution in [3.05, 3.63) is 85.9 Å². The quantitative estimate of drug-likeness (QED) is 0.180. The highest BCUT2D eigenvalue weighted by Crippen LogP contribution is 2.35. The van der Waals surface area contributed by atoms with Crippen LogP contribution >= 0.6 is 34.2 Å². The SMILES string of the molecule is CCOc1ccc(C(=O)N/N=C\c2cc(I)c(OCc3ccccc3Cl)c(OCC)c2)cc1. The maximum Gasteiger partial charge on any atom is 0.271 e. The Balaban J connectivity index is 1.69. The van der Waals surface area contributed by atoms with Crippen LogP contribution in [-0.2, 0) is 6.61 Å². The van der Waals surface area contributed by atoms with E-state index in [4.69, 9.17) is 25.8 Å². The number of nitrogens with zero attached hydrogens (tertiary/aromatic N) is 1. The van der Waals surface area contributed by atoms with Crippen LogP contribution in [0, 0.1) is 3.57 Å². The molecule has 0 aliphatic heterocycles.